The van der Waals surface area contributed by atoms with Crippen LogP contribution >= 0.6 is 0 Å². The van der Waals surface area contributed by atoms with Gasteiger partial charge >= 0.3 is 6.03 Å². The van der Waals surface area contributed by atoms with Crippen LogP contribution in [-0.4, -0.2) is 16.9 Å². The second-order valence-electron chi connectivity index (χ2n) is 4.98. The number of anilines is 3. The van der Waals surface area contributed by atoms with Crippen LogP contribution in [0.15, 0.2) is 42.5 Å². The molecule has 3 amide bonds. The van der Waals surface area contributed by atoms with E-state index in [0.29, 0.717) is 11.4 Å². The zero-order valence-electron chi connectivity index (χ0n) is 11.8. The Bertz CT molecular complexity index is 802. The molecule has 0 unspecified atom stereocenters. The van der Waals surface area contributed by atoms with Crippen molar-refractivity contribution in [1.29, 1.82) is 0 Å². The van der Waals surface area contributed by atoms with Crippen LogP contribution in [-0.2, 0) is 11.2 Å². The van der Waals surface area contributed by atoms with Gasteiger partial charge in [-0.3, -0.25) is 14.9 Å². The molecular weight excluding hydrogens is 300 g/mol. The molecule has 0 saturated carbocycles. The van der Waals surface area contributed by atoms with E-state index in [1.807, 2.05) is 0 Å². The highest BCUT2D eigenvalue weighted by Gasteiger charge is 2.17. The predicted octanol–water partition coefficient (Wildman–Crippen LogP) is 2.73. The van der Waals surface area contributed by atoms with Crippen molar-refractivity contribution in [2.45, 2.75) is 6.42 Å². The minimum atomic E-state index is -0.510. The number of hydrogen-bond acceptors (Lipinski definition) is 4. The van der Waals surface area contributed by atoms with Gasteiger partial charge in [0.1, 0.15) is 0 Å². The van der Waals surface area contributed by atoms with Crippen LogP contribution in [0.1, 0.15) is 5.56 Å². The lowest BCUT2D eigenvalue weighted by Crippen LogP contribution is -2.19. The van der Waals surface area contributed by atoms with E-state index in [1.54, 1.807) is 18.2 Å². The Labute approximate surface area is 130 Å². The van der Waals surface area contributed by atoms with Crippen molar-refractivity contribution in [2.24, 2.45) is 0 Å². The van der Waals surface area contributed by atoms with Crippen LogP contribution in [0, 0.1) is 10.1 Å². The van der Waals surface area contributed by atoms with E-state index in [9.17, 15) is 19.7 Å². The third-order valence-corrected chi connectivity index (χ3v) is 3.32. The Morgan fingerprint density at radius 3 is 2.43 bits per heavy atom. The van der Waals surface area contributed by atoms with Crippen LogP contribution in [0.5, 0.6) is 0 Å². The highest BCUT2D eigenvalue weighted by molar-refractivity contribution is 6.02. The first-order chi connectivity index (χ1) is 11.0. The highest BCUT2D eigenvalue weighted by atomic mass is 16.6. The molecule has 0 radical (unpaired) electrons. The standard InChI is InChI=1S/C15H12N4O4/c20-14-8-9-7-11(3-6-13(9)18-14)17-15(21)16-10-1-4-12(5-2-10)19(22)23/h1-7H,8H2,(H,18,20)(H2,16,17,21). The van der Waals surface area contributed by atoms with Crippen LogP contribution < -0.4 is 16.0 Å². The SMILES string of the molecule is O=C1Cc2cc(NC(=O)Nc3ccc([N+](=O)[O-])cc3)ccc2N1. The van der Waals surface area contributed by atoms with E-state index in [1.165, 1.54) is 24.3 Å². The monoisotopic (exact) mass is 312 g/mol. The Morgan fingerprint density at radius 2 is 1.74 bits per heavy atom. The van der Waals surface area contributed by atoms with E-state index in [0.717, 1.165) is 11.3 Å². The van der Waals surface area contributed by atoms with Gasteiger partial charge in [-0.2, -0.15) is 0 Å². The van der Waals surface area contributed by atoms with Gasteiger partial charge in [0.2, 0.25) is 5.91 Å². The van der Waals surface area contributed by atoms with Gasteiger partial charge in [0, 0.05) is 29.2 Å². The van der Waals surface area contributed by atoms with Gasteiger partial charge in [0.15, 0.2) is 0 Å². The molecule has 116 valence electrons. The summed E-state index contributed by atoms with van der Waals surface area (Å²) in [6, 6.07) is 10.2. The normalized spacial score (nSPS) is 12.3. The number of benzene rings is 2. The number of non-ortho nitro benzene ring substituents is 1. The van der Waals surface area contributed by atoms with Gasteiger partial charge in [-0.25, -0.2) is 4.79 Å². The van der Waals surface area contributed by atoms with Crippen LogP contribution in [0.4, 0.5) is 27.5 Å². The number of hydrogen-bond donors (Lipinski definition) is 3. The number of nitrogens with zero attached hydrogens (tertiary/aromatic N) is 1. The zero-order chi connectivity index (χ0) is 16.4. The van der Waals surface area contributed by atoms with Crippen LogP contribution in [0.3, 0.4) is 0 Å². The summed E-state index contributed by atoms with van der Waals surface area (Å²) in [5.41, 5.74) is 2.51. The van der Waals surface area contributed by atoms with Crippen molar-refractivity contribution in [3.05, 3.63) is 58.1 Å². The van der Waals surface area contributed by atoms with Crippen molar-refractivity contribution in [3.8, 4) is 0 Å². The summed E-state index contributed by atoms with van der Waals surface area (Å²) < 4.78 is 0. The number of nitro benzene ring substituents is 1. The largest absolute Gasteiger partial charge is 0.326 e. The zero-order valence-corrected chi connectivity index (χ0v) is 11.8. The fraction of sp³-hybridized carbons (Fsp3) is 0.0667. The van der Waals surface area contributed by atoms with Gasteiger partial charge in [0.05, 0.1) is 11.3 Å². The third-order valence-electron chi connectivity index (χ3n) is 3.32. The molecule has 0 saturated heterocycles. The summed E-state index contributed by atoms with van der Waals surface area (Å²) in [6.45, 7) is 0. The molecule has 2 aromatic carbocycles. The fourth-order valence-electron chi connectivity index (χ4n) is 2.27. The minimum Gasteiger partial charge on any atom is -0.326 e. The number of amides is 3. The van der Waals surface area contributed by atoms with Crippen molar-refractivity contribution in [3.63, 3.8) is 0 Å². The molecule has 1 heterocycles. The smallest absolute Gasteiger partial charge is 0.323 e. The van der Waals surface area contributed by atoms with E-state index < -0.39 is 11.0 Å². The Kier molecular flexibility index (Phi) is 3.63. The molecule has 8 nitrogen and oxygen atoms in total. The first-order valence-electron chi connectivity index (χ1n) is 6.76. The number of urea groups is 1. The van der Waals surface area contributed by atoms with Crippen molar-refractivity contribution >= 4 is 34.7 Å². The summed E-state index contributed by atoms with van der Waals surface area (Å²) >= 11 is 0. The maximum atomic E-state index is 11.9. The Morgan fingerprint density at radius 1 is 1.09 bits per heavy atom. The number of carbonyl (C=O) groups excluding carboxylic acids is 2. The Balaban J connectivity index is 1.64. The third kappa shape index (κ3) is 3.26. The average Bonchev–Trinajstić information content (AvgIpc) is 2.87. The van der Waals surface area contributed by atoms with Gasteiger partial charge < -0.3 is 16.0 Å². The topological polar surface area (TPSA) is 113 Å². The fourth-order valence-corrected chi connectivity index (χ4v) is 2.27. The summed E-state index contributed by atoms with van der Waals surface area (Å²) in [5.74, 6) is -0.0764. The summed E-state index contributed by atoms with van der Waals surface area (Å²) in [4.78, 5) is 33.3. The maximum Gasteiger partial charge on any atom is 0.323 e. The number of nitro groups is 1. The van der Waals surface area contributed by atoms with E-state index in [-0.39, 0.29) is 18.0 Å². The summed E-state index contributed by atoms with van der Waals surface area (Å²) in [5, 5.41) is 18.5. The predicted molar refractivity (Wildman–Crippen MR) is 84.5 cm³/mol. The first kappa shape index (κ1) is 14.5. The molecule has 8 heteroatoms. The van der Waals surface area contributed by atoms with E-state index in [4.69, 9.17) is 0 Å². The summed E-state index contributed by atoms with van der Waals surface area (Å²) in [6.07, 6.45) is 0.287. The molecule has 0 aromatic heterocycles. The lowest BCUT2D eigenvalue weighted by atomic mass is 10.1. The van der Waals surface area contributed by atoms with Gasteiger partial charge in [-0.1, -0.05) is 0 Å². The van der Waals surface area contributed by atoms with Crippen molar-refractivity contribution < 1.29 is 14.5 Å². The maximum absolute atomic E-state index is 11.9. The molecule has 3 N–H and O–H groups in total. The number of rotatable bonds is 3. The van der Waals surface area contributed by atoms with Gasteiger partial charge in [-0.15, -0.1) is 0 Å². The van der Waals surface area contributed by atoms with Crippen molar-refractivity contribution in [2.75, 3.05) is 16.0 Å². The van der Waals surface area contributed by atoms with Crippen molar-refractivity contribution in [1.82, 2.24) is 0 Å². The Hall–Kier alpha value is -3.42. The molecule has 23 heavy (non-hydrogen) atoms. The van der Waals surface area contributed by atoms with E-state index in [2.05, 4.69) is 16.0 Å². The van der Waals surface area contributed by atoms with Gasteiger partial charge in [0.25, 0.3) is 5.69 Å². The number of fused-ring (bicyclic) bond motifs is 1. The molecule has 3 rings (SSSR count). The molecule has 1 aliphatic heterocycles. The lowest BCUT2D eigenvalue weighted by molar-refractivity contribution is -0.384. The van der Waals surface area contributed by atoms with Crippen LogP contribution in [0.2, 0.25) is 0 Å². The lowest BCUT2D eigenvalue weighted by Gasteiger charge is -2.08. The second-order valence-corrected chi connectivity index (χ2v) is 4.98. The molecule has 0 bridgehead atoms. The number of carbonyl (C=O) groups is 2. The number of nitrogens with one attached hydrogen (secondary N) is 3. The van der Waals surface area contributed by atoms with E-state index >= 15 is 0 Å². The molecule has 0 spiro atoms. The molecule has 0 atom stereocenters. The quantitative estimate of drug-likeness (QED) is 0.597. The highest BCUT2D eigenvalue weighted by Crippen LogP contribution is 2.26. The molecule has 0 fully saturated rings. The average molecular weight is 312 g/mol. The van der Waals surface area contributed by atoms with Crippen LogP contribution in [0.25, 0.3) is 0 Å². The van der Waals surface area contributed by atoms with Gasteiger partial charge in [-0.05, 0) is 35.9 Å². The molecule has 2 aromatic rings. The molecule has 0 aliphatic carbocycles. The first-order valence-corrected chi connectivity index (χ1v) is 6.76. The minimum absolute atomic E-state index is 0.0493. The molecular formula is C15H12N4O4. The summed E-state index contributed by atoms with van der Waals surface area (Å²) in [7, 11) is 0. The molecule has 1 aliphatic rings. The second kappa shape index (κ2) is 5.76.